The summed E-state index contributed by atoms with van der Waals surface area (Å²) in [6, 6.07) is 12.5. The second-order valence-corrected chi connectivity index (χ2v) is 6.22. The maximum atomic E-state index is 13.0. The lowest BCUT2D eigenvalue weighted by Crippen LogP contribution is -2.47. The van der Waals surface area contributed by atoms with Crippen molar-refractivity contribution < 1.29 is 19.2 Å². The van der Waals surface area contributed by atoms with Crippen LogP contribution >= 0.6 is 0 Å². The first kappa shape index (κ1) is 20.9. The molecule has 148 valence electrons. The van der Waals surface area contributed by atoms with Crippen LogP contribution in [-0.4, -0.2) is 41.8 Å². The van der Waals surface area contributed by atoms with Crippen LogP contribution in [0, 0.1) is 10.1 Å². The maximum absolute atomic E-state index is 13.0. The number of carbonyl (C=O) groups excluding carboxylic acids is 2. The van der Waals surface area contributed by atoms with Gasteiger partial charge < -0.3 is 15.0 Å². The zero-order valence-electron chi connectivity index (χ0n) is 16.0. The highest BCUT2D eigenvalue weighted by Gasteiger charge is 2.27. The third-order valence-corrected chi connectivity index (χ3v) is 4.46. The summed E-state index contributed by atoms with van der Waals surface area (Å²) in [4.78, 5) is 37.2. The van der Waals surface area contributed by atoms with Crippen LogP contribution in [0.1, 0.15) is 18.1 Å². The first-order chi connectivity index (χ1) is 13.4. The predicted octanol–water partition coefficient (Wildman–Crippen LogP) is 2.31. The molecule has 0 aliphatic carbocycles. The van der Waals surface area contributed by atoms with Gasteiger partial charge in [0.25, 0.3) is 5.69 Å². The molecule has 0 fully saturated rings. The number of methoxy groups -OCH3 is 1. The van der Waals surface area contributed by atoms with E-state index in [1.165, 1.54) is 18.0 Å². The van der Waals surface area contributed by atoms with E-state index in [-0.39, 0.29) is 30.5 Å². The Hall–Kier alpha value is -3.42. The van der Waals surface area contributed by atoms with Crippen LogP contribution in [0.3, 0.4) is 0 Å². The molecule has 2 aromatic rings. The van der Waals surface area contributed by atoms with Crippen molar-refractivity contribution in [3.63, 3.8) is 0 Å². The number of hydrogen-bond acceptors (Lipinski definition) is 5. The summed E-state index contributed by atoms with van der Waals surface area (Å²) in [6.07, 6.45) is -0.172. The number of nitro groups is 1. The number of rotatable bonds is 8. The van der Waals surface area contributed by atoms with E-state index in [0.717, 1.165) is 5.56 Å². The number of nitrogens with one attached hydrogen (secondary N) is 1. The molecule has 0 spiro atoms. The van der Waals surface area contributed by atoms with E-state index >= 15 is 0 Å². The molecule has 0 aromatic heterocycles. The third kappa shape index (κ3) is 5.06. The van der Waals surface area contributed by atoms with Crippen LogP contribution < -0.4 is 10.1 Å². The highest BCUT2D eigenvalue weighted by molar-refractivity contribution is 5.88. The molecule has 28 heavy (non-hydrogen) atoms. The molecule has 0 aliphatic heterocycles. The second kappa shape index (κ2) is 9.50. The number of amides is 2. The Bertz CT molecular complexity index is 851. The number of ether oxygens (including phenoxy) is 1. The van der Waals surface area contributed by atoms with Crippen molar-refractivity contribution in [2.45, 2.75) is 25.9 Å². The minimum absolute atomic E-state index is 0.118. The van der Waals surface area contributed by atoms with Crippen molar-refractivity contribution in [3.8, 4) is 5.75 Å². The van der Waals surface area contributed by atoms with Crippen molar-refractivity contribution in [1.82, 2.24) is 10.2 Å². The van der Waals surface area contributed by atoms with Gasteiger partial charge in [-0.3, -0.25) is 19.7 Å². The molecule has 1 atom stereocenters. The van der Waals surface area contributed by atoms with E-state index in [0.29, 0.717) is 11.3 Å². The van der Waals surface area contributed by atoms with Gasteiger partial charge in [-0.05, 0) is 24.6 Å². The summed E-state index contributed by atoms with van der Waals surface area (Å²) in [6.45, 7) is 1.82. The van der Waals surface area contributed by atoms with Gasteiger partial charge in [-0.25, -0.2) is 0 Å². The topological polar surface area (TPSA) is 102 Å². The summed E-state index contributed by atoms with van der Waals surface area (Å²) in [5.41, 5.74) is 1.00. The Labute approximate surface area is 163 Å². The van der Waals surface area contributed by atoms with Gasteiger partial charge in [0.05, 0.1) is 18.5 Å². The zero-order chi connectivity index (χ0) is 20.7. The lowest BCUT2D eigenvalue weighted by atomic mass is 10.1. The van der Waals surface area contributed by atoms with Crippen LogP contribution in [0.4, 0.5) is 5.69 Å². The largest absolute Gasteiger partial charge is 0.497 e. The average molecular weight is 385 g/mol. The lowest BCUT2D eigenvalue weighted by Gasteiger charge is -2.28. The second-order valence-electron chi connectivity index (χ2n) is 6.22. The van der Waals surface area contributed by atoms with Crippen LogP contribution in [0.5, 0.6) is 5.75 Å². The molecule has 2 rings (SSSR count). The molecule has 2 amide bonds. The summed E-state index contributed by atoms with van der Waals surface area (Å²) >= 11 is 0. The van der Waals surface area contributed by atoms with Gasteiger partial charge in [0.2, 0.25) is 11.8 Å². The van der Waals surface area contributed by atoms with E-state index < -0.39 is 11.0 Å². The van der Waals surface area contributed by atoms with E-state index in [1.807, 2.05) is 0 Å². The highest BCUT2D eigenvalue weighted by atomic mass is 16.6. The minimum atomic E-state index is -0.734. The van der Waals surface area contributed by atoms with Gasteiger partial charge in [-0.1, -0.05) is 30.3 Å². The first-order valence-corrected chi connectivity index (χ1v) is 8.73. The number of benzene rings is 2. The quantitative estimate of drug-likeness (QED) is 0.555. The van der Waals surface area contributed by atoms with E-state index in [1.54, 1.807) is 56.5 Å². The third-order valence-electron chi connectivity index (χ3n) is 4.46. The Morgan fingerprint density at radius 3 is 2.39 bits per heavy atom. The van der Waals surface area contributed by atoms with Gasteiger partial charge in [0.1, 0.15) is 11.8 Å². The normalized spacial score (nSPS) is 11.4. The Morgan fingerprint density at radius 1 is 1.18 bits per heavy atom. The standard InChI is InChI=1S/C20H23N3O5/c1-14(20(25)21-2)22(13-15-8-10-17(28-3)11-9-15)19(24)12-16-6-4-5-7-18(16)23(26)27/h4-11,14H,12-13H2,1-3H3,(H,21,25)/t14-/m0/s1. The number of carbonyl (C=O) groups is 2. The average Bonchev–Trinajstić information content (AvgIpc) is 2.71. The van der Waals surface area contributed by atoms with Crippen molar-refractivity contribution in [3.05, 3.63) is 69.8 Å². The monoisotopic (exact) mass is 385 g/mol. The van der Waals surface area contributed by atoms with Crippen molar-refractivity contribution >= 4 is 17.5 Å². The number of likely N-dealkylation sites (N-methyl/N-ethyl adjacent to an activating group) is 1. The van der Waals surface area contributed by atoms with Crippen molar-refractivity contribution in [1.29, 1.82) is 0 Å². The van der Waals surface area contributed by atoms with Crippen LogP contribution in [0.25, 0.3) is 0 Å². The van der Waals surface area contributed by atoms with Crippen LogP contribution in [0.2, 0.25) is 0 Å². The molecular weight excluding hydrogens is 362 g/mol. The van der Waals surface area contributed by atoms with E-state index in [4.69, 9.17) is 4.74 Å². The fourth-order valence-electron chi connectivity index (χ4n) is 2.82. The molecule has 0 saturated carbocycles. The Morgan fingerprint density at radius 2 is 1.82 bits per heavy atom. The smallest absolute Gasteiger partial charge is 0.273 e. The highest BCUT2D eigenvalue weighted by Crippen LogP contribution is 2.21. The van der Waals surface area contributed by atoms with E-state index in [9.17, 15) is 19.7 Å². The zero-order valence-corrected chi connectivity index (χ0v) is 16.0. The molecule has 0 bridgehead atoms. The van der Waals surface area contributed by atoms with E-state index in [2.05, 4.69) is 5.32 Å². The van der Waals surface area contributed by atoms with Crippen molar-refractivity contribution in [2.75, 3.05) is 14.2 Å². The lowest BCUT2D eigenvalue weighted by molar-refractivity contribution is -0.385. The van der Waals surface area contributed by atoms with Gasteiger partial charge in [-0.15, -0.1) is 0 Å². The summed E-state index contributed by atoms with van der Waals surface area (Å²) in [5, 5.41) is 13.8. The first-order valence-electron chi connectivity index (χ1n) is 8.73. The minimum Gasteiger partial charge on any atom is -0.497 e. The summed E-state index contributed by atoms with van der Waals surface area (Å²) in [7, 11) is 3.06. The number of nitro benzene ring substituents is 1. The van der Waals surface area contributed by atoms with Crippen molar-refractivity contribution in [2.24, 2.45) is 0 Å². The molecule has 8 heteroatoms. The molecule has 1 N–H and O–H groups in total. The molecule has 0 unspecified atom stereocenters. The predicted molar refractivity (Wildman–Crippen MR) is 104 cm³/mol. The number of nitrogens with zero attached hydrogens (tertiary/aromatic N) is 2. The molecule has 0 heterocycles. The molecule has 0 saturated heterocycles. The Balaban J connectivity index is 2.28. The van der Waals surface area contributed by atoms with Gasteiger partial charge in [-0.2, -0.15) is 0 Å². The molecule has 0 aliphatic rings. The van der Waals surface area contributed by atoms with Gasteiger partial charge >= 0.3 is 0 Å². The molecule has 2 aromatic carbocycles. The molecule has 8 nitrogen and oxygen atoms in total. The fraction of sp³-hybridized carbons (Fsp3) is 0.300. The maximum Gasteiger partial charge on any atom is 0.273 e. The van der Waals surface area contributed by atoms with Gasteiger partial charge in [0.15, 0.2) is 0 Å². The van der Waals surface area contributed by atoms with Crippen LogP contribution in [-0.2, 0) is 22.6 Å². The van der Waals surface area contributed by atoms with Gasteiger partial charge in [0, 0.05) is 25.2 Å². The van der Waals surface area contributed by atoms with Crippen LogP contribution in [0.15, 0.2) is 48.5 Å². The summed E-state index contributed by atoms with van der Waals surface area (Å²) < 4.78 is 5.13. The fourth-order valence-corrected chi connectivity index (χ4v) is 2.82. The SMILES string of the molecule is CNC(=O)[C@H](C)N(Cc1ccc(OC)cc1)C(=O)Cc1ccccc1[N+](=O)[O-]. The summed E-state index contributed by atoms with van der Waals surface area (Å²) in [5.74, 6) is -0.00784. The Kier molecular flexibility index (Phi) is 7.08. The number of hydrogen-bond donors (Lipinski definition) is 1. The number of para-hydroxylation sites is 1. The molecular formula is C20H23N3O5. The molecule has 0 radical (unpaired) electrons.